The summed E-state index contributed by atoms with van der Waals surface area (Å²) in [5, 5.41) is 0. The Bertz CT molecular complexity index is 382. The second-order valence-electron chi connectivity index (χ2n) is 5.96. The van der Waals surface area contributed by atoms with E-state index in [2.05, 4.69) is 18.2 Å². The van der Waals surface area contributed by atoms with Crippen molar-refractivity contribution in [1.29, 1.82) is 0 Å². The van der Waals surface area contributed by atoms with Gasteiger partial charge in [0.25, 0.3) is 0 Å². The predicted octanol–water partition coefficient (Wildman–Crippen LogP) is 4.76. The standard InChI is InChI=1S/C19H30O3/c1-22-19(21)17-15-13-11-9-7-5-3-2-4-6-8-10-12-14-16-18(17)20/h10-13,17H,2-9,14-16H2,1H3/b12-10+,13-11+. The molecule has 0 saturated carbocycles. The highest BCUT2D eigenvalue weighted by molar-refractivity contribution is 5.99. The summed E-state index contributed by atoms with van der Waals surface area (Å²) in [6.45, 7) is 0. The summed E-state index contributed by atoms with van der Waals surface area (Å²) in [7, 11) is 1.35. The molecule has 0 saturated heterocycles. The SMILES string of the molecule is COC(=O)C1C/C=C/CCCCCCCC/C=C/CCC1=O. The first-order valence-electron chi connectivity index (χ1n) is 8.66. The molecule has 0 heterocycles. The van der Waals surface area contributed by atoms with E-state index in [0.717, 1.165) is 19.3 Å². The summed E-state index contributed by atoms with van der Waals surface area (Å²) >= 11 is 0. The summed E-state index contributed by atoms with van der Waals surface area (Å²) in [5.41, 5.74) is 0. The molecule has 0 fully saturated rings. The van der Waals surface area contributed by atoms with Crippen molar-refractivity contribution in [2.45, 2.75) is 70.6 Å². The van der Waals surface area contributed by atoms with Gasteiger partial charge in [-0.15, -0.1) is 0 Å². The van der Waals surface area contributed by atoms with Gasteiger partial charge in [-0.25, -0.2) is 0 Å². The maximum atomic E-state index is 12.2. The molecular formula is C19H30O3. The van der Waals surface area contributed by atoms with E-state index in [0.29, 0.717) is 12.8 Å². The molecule has 0 radical (unpaired) electrons. The van der Waals surface area contributed by atoms with Gasteiger partial charge >= 0.3 is 5.97 Å². The fourth-order valence-electron chi connectivity index (χ4n) is 2.72. The van der Waals surface area contributed by atoms with Gasteiger partial charge in [0.15, 0.2) is 0 Å². The van der Waals surface area contributed by atoms with Crippen molar-refractivity contribution >= 4 is 11.8 Å². The number of carbonyl (C=O) groups is 2. The molecule has 0 aliphatic heterocycles. The van der Waals surface area contributed by atoms with Crippen LogP contribution in [0.4, 0.5) is 0 Å². The number of allylic oxidation sites excluding steroid dienone is 4. The lowest BCUT2D eigenvalue weighted by molar-refractivity contribution is -0.149. The summed E-state index contributed by atoms with van der Waals surface area (Å²) in [5.74, 6) is -1.05. The lowest BCUT2D eigenvalue weighted by Crippen LogP contribution is -2.24. The van der Waals surface area contributed by atoms with Crippen LogP contribution in [0.5, 0.6) is 0 Å². The Balaban J connectivity index is 2.57. The van der Waals surface area contributed by atoms with Gasteiger partial charge in [-0.2, -0.15) is 0 Å². The van der Waals surface area contributed by atoms with Crippen LogP contribution in [0.15, 0.2) is 24.3 Å². The minimum absolute atomic E-state index is 0.00883. The van der Waals surface area contributed by atoms with E-state index in [4.69, 9.17) is 4.74 Å². The zero-order valence-electron chi connectivity index (χ0n) is 13.9. The number of hydrogen-bond acceptors (Lipinski definition) is 3. The van der Waals surface area contributed by atoms with E-state index >= 15 is 0 Å². The molecule has 22 heavy (non-hydrogen) atoms. The molecule has 1 unspecified atom stereocenters. The largest absolute Gasteiger partial charge is 0.468 e. The Morgan fingerprint density at radius 3 is 2.09 bits per heavy atom. The number of methoxy groups -OCH3 is 1. The molecule has 0 N–H and O–H groups in total. The lowest BCUT2D eigenvalue weighted by Gasteiger charge is -2.10. The molecule has 124 valence electrons. The van der Waals surface area contributed by atoms with Crippen LogP contribution in [-0.2, 0) is 14.3 Å². The van der Waals surface area contributed by atoms with E-state index < -0.39 is 11.9 Å². The molecular weight excluding hydrogens is 276 g/mol. The van der Waals surface area contributed by atoms with Gasteiger partial charge in [0.05, 0.1) is 7.11 Å². The number of carbonyl (C=O) groups excluding carboxylic acids is 2. The minimum Gasteiger partial charge on any atom is -0.468 e. The second-order valence-corrected chi connectivity index (χ2v) is 5.96. The molecule has 1 aliphatic carbocycles. The van der Waals surface area contributed by atoms with E-state index in [-0.39, 0.29) is 5.78 Å². The van der Waals surface area contributed by atoms with Crippen molar-refractivity contribution < 1.29 is 14.3 Å². The average Bonchev–Trinajstić information content (AvgIpc) is 2.53. The van der Waals surface area contributed by atoms with Gasteiger partial charge in [-0.05, 0) is 38.5 Å². The normalized spacial score (nSPS) is 25.9. The molecule has 1 aliphatic rings. The van der Waals surface area contributed by atoms with Crippen molar-refractivity contribution in [2.75, 3.05) is 7.11 Å². The Morgan fingerprint density at radius 2 is 1.45 bits per heavy atom. The lowest BCUT2D eigenvalue weighted by atomic mass is 9.96. The average molecular weight is 306 g/mol. The molecule has 1 rings (SSSR count). The van der Waals surface area contributed by atoms with Gasteiger partial charge in [0.1, 0.15) is 11.7 Å². The first-order valence-corrected chi connectivity index (χ1v) is 8.66. The van der Waals surface area contributed by atoms with E-state index in [1.54, 1.807) is 0 Å². The number of hydrogen-bond donors (Lipinski definition) is 0. The van der Waals surface area contributed by atoms with Crippen LogP contribution in [0.3, 0.4) is 0 Å². The van der Waals surface area contributed by atoms with Crippen molar-refractivity contribution in [3.05, 3.63) is 24.3 Å². The fraction of sp³-hybridized carbons (Fsp3) is 0.684. The Kier molecular flexibility index (Phi) is 10.3. The molecule has 0 aromatic carbocycles. The molecule has 3 heteroatoms. The van der Waals surface area contributed by atoms with Gasteiger partial charge in [-0.1, -0.05) is 50.0 Å². The van der Waals surface area contributed by atoms with E-state index in [9.17, 15) is 9.59 Å². The van der Waals surface area contributed by atoms with Crippen LogP contribution >= 0.6 is 0 Å². The quantitative estimate of drug-likeness (QED) is 0.398. The highest BCUT2D eigenvalue weighted by Gasteiger charge is 2.25. The van der Waals surface area contributed by atoms with Gasteiger partial charge < -0.3 is 4.74 Å². The van der Waals surface area contributed by atoms with Gasteiger partial charge in [0, 0.05) is 6.42 Å². The summed E-state index contributed by atoms with van der Waals surface area (Å²) in [6.07, 6.45) is 19.6. The molecule has 0 aromatic heterocycles. The third-order valence-corrected chi connectivity index (χ3v) is 4.13. The Hall–Kier alpha value is -1.38. The Labute approximate surface area is 134 Å². The third kappa shape index (κ3) is 8.16. The van der Waals surface area contributed by atoms with Crippen molar-refractivity contribution in [3.8, 4) is 0 Å². The topological polar surface area (TPSA) is 43.4 Å². The predicted molar refractivity (Wildman–Crippen MR) is 89.6 cm³/mol. The smallest absolute Gasteiger partial charge is 0.316 e. The van der Waals surface area contributed by atoms with E-state index in [1.807, 2.05) is 6.08 Å². The van der Waals surface area contributed by atoms with E-state index in [1.165, 1.54) is 45.6 Å². The van der Waals surface area contributed by atoms with Crippen molar-refractivity contribution in [3.63, 3.8) is 0 Å². The molecule has 0 spiro atoms. The monoisotopic (exact) mass is 306 g/mol. The van der Waals surface area contributed by atoms with Crippen molar-refractivity contribution in [2.24, 2.45) is 5.92 Å². The second kappa shape index (κ2) is 12.2. The molecule has 3 nitrogen and oxygen atoms in total. The number of rotatable bonds is 1. The first-order chi connectivity index (χ1) is 10.8. The Morgan fingerprint density at radius 1 is 0.909 bits per heavy atom. The molecule has 0 aromatic rings. The fourth-order valence-corrected chi connectivity index (χ4v) is 2.72. The van der Waals surface area contributed by atoms with Crippen LogP contribution in [0.2, 0.25) is 0 Å². The zero-order valence-corrected chi connectivity index (χ0v) is 13.9. The summed E-state index contributed by atoms with van der Waals surface area (Å²) in [4.78, 5) is 24.0. The maximum Gasteiger partial charge on any atom is 0.316 e. The molecule has 0 amide bonds. The number of ketones is 1. The van der Waals surface area contributed by atoms with Crippen LogP contribution in [0.1, 0.15) is 70.6 Å². The highest BCUT2D eigenvalue weighted by atomic mass is 16.5. The summed E-state index contributed by atoms with van der Waals surface area (Å²) in [6, 6.07) is 0. The first kappa shape index (κ1) is 18.7. The zero-order chi connectivity index (χ0) is 16.0. The number of esters is 1. The van der Waals surface area contributed by atoms with Gasteiger partial charge in [0.2, 0.25) is 0 Å². The maximum absolute atomic E-state index is 12.2. The third-order valence-electron chi connectivity index (χ3n) is 4.13. The highest BCUT2D eigenvalue weighted by Crippen LogP contribution is 2.14. The van der Waals surface area contributed by atoms with Crippen LogP contribution in [0, 0.1) is 5.92 Å². The molecule has 1 atom stereocenters. The van der Waals surface area contributed by atoms with Crippen molar-refractivity contribution in [1.82, 2.24) is 0 Å². The van der Waals surface area contributed by atoms with Gasteiger partial charge in [-0.3, -0.25) is 9.59 Å². The molecule has 0 bridgehead atoms. The number of Topliss-reactive ketones (excluding diaryl/α,β-unsaturated/α-hetero) is 1. The van der Waals surface area contributed by atoms with Crippen LogP contribution in [0.25, 0.3) is 0 Å². The van der Waals surface area contributed by atoms with Crippen LogP contribution < -0.4 is 0 Å². The van der Waals surface area contributed by atoms with Crippen LogP contribution in [-0.4, -0.2) is 18.9 Å². The number of ether oxygens (including phenoxy) is 1. The minimum atomic E-state index is -0.634. The summed E-state index contributed by atoms with van der Waals surface area (Å²) < 4.78 is 4.77.